The van der Waals surface area contributed by atoms with E-state index in [0.717, 1.165) is 12.6 Å². The van der Waals surface area contributed by atoms with Crippen LogP contribution in [-0.4, -0.2) is 23.8 Å². The lowest BCUT2D eigenvalue weighted by atomic mass is 10.1. The molecule has 0 spiro atoms. The molecule has 0 heterocycles. The molecule has 0 aromatic heterocycles. The Hall–Kier alpha value is -1.49. The molecule has 0 amide bonds. The van der Waals surface area contributed by atoms with Crippen molar-refractivity contribution in [2.24, 2.45) is 11.7 Å². The van der Waals surface area contributed by atoms with Crippen LogP contribution < -0.4 is 5.73 Å². The van der Waals surface area contributed by atoms with Gasteiger partial charge in [-0.15, -0.1) is 0 Å². The van der Waals surface area contributed by atoms with Gasteiger partial charge in [-0.3, -0.25) is 10.3 Å². The van der Waals surface area contributed by atoms with Crippen LogP contribution in [0.25, 0.3) is 0 Å². The predicted octanol–water partition coefficient (Wildman–Crippen LogP) is 2.36. The zero-order valence-electron chi connectivity index (χ0n) is 10.7. The molecule has 0 bridgehead atoms. The fourth-order valence-electron chi connectivity index (χ4n) is 1.75. The Bertz CT molecular complexity index is 400. The maximum absolute atomic E-state index is 13.1. The zero-order chi connectivity index (χ0) is 13.7. The summed E-state index contributed by atoms with van der Waals surface area (Å²) < 4.78 is 26.1. The Morgan fingerprint density at radius 2 is 1.89 bits per heavy atom. The summed E-state index contributed by atoms with van der Waals surface area (Å²) in [5.41, 5.74) is 6.01. The van der Waals surface area contributed by atoms with Gasteiger partial charge >= 0.3 is 0 Å². The average molecular weight is 255 g/mol. The molecule has 0 fully saturated rings. The maximum atomic E-state index is 13.1. The van der Waals surface area contributed by atoms with Gasteiger partial charge < -0.3 is 5.73 Å². The summed E-state index contributed by atoms with van der Waals surface area (Å²) in [6.07, 6.45) is 0. The number of rotatable bonds is 6. The highest BCUT2D eigenvalue weighted by Gasteiger charge is 2.12. The van der Waals surface area contributed by atoms with Crippen molar-refractivity contribution in [2.75, 3.05) is 13.1 Å². The van der Waals surface area contributed by atoms with Crippen molar-refractivity contribution >= 4 is 5.84 Å². The van der Waals surface area contributed by atoms with Crippen molar-refractivity contribution in [1.29, 1.82) is 5.41 Å². The molecule has 3 N–H and O–H groups in total. The van der Waals surface area contributed by atoms with Crippen LogP contribution in [0.1, 0.15) is 19.4 Å². The third kappa shape index (κ3) is 4.41. The van der Waals surface area contributed by atoms with Crippen LogP contribution in [0.4, 0.5) is 8.78 Å². The van der Waals surface area contributed by atoms with E-state index in [2.05, 4.69) is 0 Å². The first-order valence-electron chi connectivity index (χ1n) is 5.93. The van der Waals surface area contributed by atoms with Crippen LogP contribution in [0.2, 0.25) is 0 Å². The molecular weight excluding hydrogens is 236 g/mol. The number of nitrogens with zero attached hydrogens (tertiary/aromatic N) is 1. The molecule has 0 aliphatic carbocycles. The largest absolute Gasteiger partial charge is 0.387 e. The fourth-order valence-corrected chi connectivity index (χ4v) is 1.75. The first-order chi connectivity index (χ1) is 8.42. The molecule has 1 aromatic rings. The number of hydrogen-bond acceptors (Lipinski definition) is 2. The normalized spacial score (nSPS) is 12.7. The van der Waals surface area contributed by atoms with Crippen molar-refractivity contribution in [2.45, 2.75) is 20.4 Å². The van der Waals surface area contributed by atoms with E-state index in [4.69, 9.17) is 11.1 Å². The first-order valence-corrected chi connectivity index (χ1v) is 5.93. The van der Waals surface area contributed by atoms with Gasteiger partial charge in [0.05, 0.1) is 5.84 Å². The lowest BCUT2D eigenvalue weighted by Crippen LogP contribution is -2.34. The molecule has 1 rings (SSSR count). The van der Waals surface area contributed by atoms with Crippen LogP contribution >= 0.6 is 0 Å². The van der Waals surface area contributed by atoms with E-state index in [-0.39, 0.29) is 11.8 Å². The summed E-state index contributed by atoms with van der Waals surface area (Å²) in [5.74, 6) is -1.08. The van der Waals surface area contributed by atoms with E-state index in [9.17, 15) is 8.78 Å². The van der Waals surface area contributed by atoms with E-state index in [1.54, 1.807) is 0 Å². The lowest BCUT2D eigenvalue weighted by molar-refractivity contribution is 0.262. The van der Waals surface area contributed by atoms with Gasteiger partial charge in [0.2, 0.25) is 0 Å². The molecule has 0 saturated heterocycles. The predicted molar refractivity (Wildman–Crippen MR) is 68.4 cm³/mol. The average Bonchev–Trinajstić information content (AvgIpc) is 2.26. The van der Waals surface area contributed by atoms with Crippen LogP contribution in [0.5, 0.6) is 0 Å². The summed E-state index contributed by atoms with van der Waals surface area (Å²) in [6.45, 7) is 5.60. The minimum Gasteiger partial charge on any atom is -0.387 e. The van der Waals surface area contributed by atoms with Gasteiger partial charge in [-0.05, 0) is 24.2 Å². The van der Waals surface area contributed by atoms with Crippen molar-refractivity contribution < 1.29 is 8.78 Å². The van der Waals surface area contributed by atoms with Crippen LogP contribution in [-0.2, 0) is 6.54 Å². The third-order valence-electron chi connectivity index (χ3n) is 2.84. The van der Waals surface area contributed by atoms with Crippen molar-refractivity contribution in [3.63, 3.8) is 0 Å². The molecule has 0 aliphatic heterocycles. The van der Waals surface area contributed by atoms with Crippen molar-refractivity contribution in [1.82, 2.24) is 4.90 Å². The molecule has 5 heteroatoms. The quantitative estimate of drug-likeness (QED) is 0.605. The monoisotopic (exact) mass is 255 g/mol. The van der Waals surface area contributed by atoms with Gasteiger partial charge in [0.1, 0.15) is 11.6 Å². The van der Waals surface area contributed by atoms with Crippen LogP contribution in [0.15, 0.2) is 18.2 Å². The van der Waals surface area contributed by atoms with Crippen molar-refractivity contribution in [3.05, 3.63) is 35.4 Å². The summed E-state index contributed by atoms with van der Waals surface area (Å²) in [5, 5.41) is 7.35. The molecule has 1 aromatic carbocycles. The van der Waals surface area contributed by atoms with Gasteiger partial charge in [-0.25, -0.2) is 8.78 Å². The lowest BCUT2D eigenvalue weighted by Gasteiger charge is -2.23. The van der Waals surface area contributed by atoms with E-state index in [1.165, 1.54) is 12.1 Å². The molecule has 0 saturated carbocycles. The Morgan fingerprint density at radius 3 is 2.33 bits per heavy atom. The molecule has 3 nitrogen and oxygen atoms in total. The molecular formula is C13H19F2N3. The molecule has 1 atom stereocenters. The zero-order valence-corrected chi connectivity index (χ0v) is 10.7. The number of halogens is 2. The first kappa shape index (κ1) is 14.6. The number of hydrogen-bond donors (Lipinski definition) is 2. The summed E-state index contributed by atoms with van der Waals surface area (Å²) in [7, 11) is 0. The SMILES string of the molecule is CCN(Cc1cc(F)cc(F)c1)CC(C)C(=N)N. The number of nitrogens with two attached hydrogens (primary N) is 1. The van der Waals surface area contributed by atoms with E-state index >= 15 is 0 Å². The number of nitrogens with one attached hydrogen (secondary N) is 1. The van der Waals surface area contributed by atoms with Gasteiger partial charge in [-0.1, -0.05) is 13.8 Å². The summed E-state index contributed by atoms with van der Waals surface area (Å²) >= 11 is 0. The number of amidine groups is 1. The molecule has 100 valence electrons. The number of benzene rings is 1. The maximum Gasteiger partial charge on any atom is 0.126 e. The second-order valence-corrected chi connectivity index (χ2v) is 4.46. The topological polar surface area (TPSA) is 53.1 Å². The molecule has 0 aliphatic rings. The Balaban J connectivity index is 2.70. The Kier molecular flexibility index (Phi) is 5.22. The minimum atomic E-state index is -0.569. The van der Waals surface area contributed by atoms with Gasteiger partial charge in [-0.2, -0.15) is 0 Å². The highest BCUT2D eigenvalue weighted by atomic mass is 19.1. The second-order valence-electron chi connectivity index (χ2n) is 4.46. The standard InChI is InChI=1S/C13H19F2N3/c1-3-18(7-9(2)13(16)17)8-10-4-11(14)6-12(15)5-10/h4-6,9H,3,7-8H2,1-2H3,(H3,16,17). The highest BCUT2D eigenvalue weighted by Crippen LogP contribution is 2.11. The summed E-state index contributed by atoms with van der Waals surface area (Å²) in [4.78, 5) is 2.00. The highest BCUT2D eigenvalue weighted by molar-refractivity contribution is 5.79. The third-order valence-corrected chi connectivity index (χ3v) is 2.84. The van der Waals surface area contributed by atoms with E-state index in [1.807, 2.05) is 18.7 Å². The smallest absolute Gasteiger partial charge is 0.126 e. The van der Waals surface area contributed by atoms with Gasteiger partial charge in [0, 0.05) is 25.1 Å². The van der Waals surface area contributed by atoms with Crippen LogP contribution in [0.3, 0.4) is 0 Å². The van der Waals surface area contributed by atoms with E-state index in [0.29, 0.717) is 18.7 Å². The Labute approximate surface area is 106 Å². The van der Waals surface area contributed by atoms with Gasteiger partial charge in [0.25, 0.3) is 0 Å². The van der Waals surface area contributed by atoms with Crippen LogP contribution in [0, 0.1) is 23.0 Å². The van der Waals surface area contributed by atoms with E-state index < -0.39 is 11.6 Å². The minimum absolute atomic E-state index is 0.0663. The Morgan fingerprint density at radius 1 is 1.33 bits per heavy atom. The summed E-state index contributed by atoms with van der Waals surface area (Å²) in [6, 6.07) is 3.51. The molecule has 1 unspecified atom stereocenters. The fraction of sp³-hybridized carbons (Fsp3) is 0.462. The second kappa shape index (κ2) is 6.44. The molecule has 0 radical (unpaired) electrons. The van der Waals surface area contributed by atoms with Crippen molar-refractivity contribution in [3.8, 4) is 0 Å². The molecule has 18 heavy (non-hydrogen) atoms. The van der Waals surface area contributed by atoms with Gasteiger partial charge in [0.15, 0.2) is 0 Å².